The molecule has 0 atom stereocenters. The largest absolute Gasteiger partial charge is 0.495 e. The molecule has 2 fully saturated rings. The predicted molar refractivity (Wildman–Crippen MR) is 125 cm³/mol. The molecule has 0 radical (unpaired) electrons. The van der Waals surface area contributed by atoms with Crippen LogP contribution in [-0.4, -0.2) is 55.6 Å². The molecule has 0 unspecified atom stereocenters. The molecule has 2 aliphatic rings. The van der Waals surface area contributed by atoms with Crippen LogP contribution in [0.15, 0.2) is 35.0 Å². The number of ether oxygens (including phenoxy) is 2. The number of carbonyl (C=O) groups is 1. The summed E-state index contributed by atoms with van der Waals surface area (Å²) in [5, 5.41) is 3.81. The maximum atomic E-state index is 13.0. The minimum atomic E-state index is 0.119. The summed E-state index contributed by atoms with van der Waals surface area (Å²) in [6, 6.07) is 8.42. The summed E-state index contributed by atoms with van der Waals surface area (Å²) >= 11 is 1.52. The van der Waals surface area contributed by atoms with Gasteiger partial charge in [-0.05, 0) is 49.8 Å². The SMILES string of the molecule is COc1cscc1C(=O)N1CCC2(CCN(Cc3ccccc3OCC(C)C)CC2)C1. The number of amides is 1. The zero-order chi connectivity index (χ0) is 21.8. The van der Waals surface area contributed by atoms with Crippen LogP contribution in [0.2, 0.25) is 0 Å². The second-order valence-electron chi connectivity index (χ2n) is 9.42. The molecule has 6 heteroatoms. The number of thiophene rings is 1. The van der Waals surface area contributed by atoms with Gasteiger partial charge in [-0.2, -0.15) is 0 Å². The maximum Gasteiger partial charge on any atom is 0.258 e. The van der Waals surface area contributed by atoms with Gasteiger partial charge in [0.05, 0.1) is 19.3 Å². The van der Waals surface area contributed by atoms with Crippen LogP contribution in [0, 0.1) is 11.3 Å². The Morgan fingerprint density at radius 1 is 1.10 bits per heavy atom. The van der Waals surface area contributed by atoms with Crippen molar-refractivity contribution in [2.45, 2.75) is 39.7 Å². The fourth-order valence-corrected chi connectivity index (χ4v) is 5.51. The van der Waals surface area contributed by atoms with Crippen molar-refractivity contribution in [3.05, 3.63) is 46.2 Å². The van der Waals surface area contributed by atoms with Crippen LogP contribution in [0.25, 0.3) is 0 Å². The normalized spacial score (nSPS) is 18.6. The molecule has 168 valence electrons. The van der Waals surface area contributed by atoms with Crippen LogP contribution >= 0.6 is 11.3 Å². The Balaban J connectivity index is 1.33. The number of para-hydroxylation sites is 1. The van der Waals surface area contributed by atoms with Gasteiger partial charge in [0.1, 0.15) is 11.5 Å². The molecule has 31 heavy (non-hydrogen) atoms. The van der Waals surface area contributed by atoms with Crippen molar-refractivity contribution in [2.75, 3.05) is 39.9 Å². The van der Waals surface area contributed by atoms with Crippen LogP contribution in [0.5, 0.6) is 11.5 Å². The van der Waals surface area contributed by atoms with E-state index in [9.17, 15) is 4.79 Å². The quantitative estimate of drug-likeness (QED) is 0.610. The molecule has 2 aliphatic heterocycles. The molecule has 1 aromatic carbocycles. The third-order valence-corrected chi connectivity index (χ3v) is 7.38. The predicted octanol–water partition coefficient (Wildman–Crippen LogP) is 4.92. The Morgan fingerprint density at radius 2 is 1.84 bits per heavy atom. The van der Waals surface area contributed by atoms with E-state index in [0.717, 1.165) is 64.3 Å². The number of hydrogen-bond acceptors (Lipinski definition) is 5. The first-order valence-corrected chi connectivity index (χ1v) is 12.3. The lowest BCUT2D eigenvalue weighted by Crippen LogP contribution is -2.42. The van der Waals surface area contributed by atoms with Crippen LogP contribution in [0.3, 0.4) is 0 Å². The van der Waals surface area contributed by atoms with Crippen molar-refractivity contribution in [3.63, 3.8) is 0 Å². The highest BCUT2D eigenvalue weighted by atomic mass is 32.1. The van der Waals surface area contributed by atoms with E-state index >= 15 is 0 Å². The van der Waals surface area contributed by atoms with Gasteiger partial charge < -0.3 is 14.4 Å². The first kappa shape index (κ1) is 22.2. The maximum absolute atomic E-state index is 13.0. The number of benzene rings is 1. The van der Waals surface area contributed by atoms with Gasteiger partial charge in [0, 0.05) is 36.0 Å². The van der Waals surface area contributed by atoms with Crippen LogP contribution in [-0.2, 0) is 6.54 Å². The minimum absolute atomic E-state index is 0.119. The van der Waals surface area contributed by atoms with Gasteiger partial charge in [0.15, 0.2) is 0 Å². The number of methoxy groups -OCH3 is 1. The molecule has 0 saturated carbocycles. The molecule has 2 aromatic rings. The molecular weight excluding hydrogens is 408 g/mol. The van der Waals surface area contributed by atoms with E-state index in [2.05, 4.69) is 43.0 Å². The standard InChI is InChI=1S/C25H34N2O3S/c1-19(2)15-30-22-7-5-4-6-20(22)14-26-11-8-25(9-12-26)10-13-27(18-25)24(28)21-16-31-17-23(21)29-3/h4-7,16-17,19H,8-15,18H2,1-3H3. The van der Waals surface area contributed by atoms with Crippen molar-refractivity contribution < 1.29 is 14.3 Å². The van der Waals surface area contributed by atoms with Crippen molar-refractivity contribution in [1.82, 2.24) is 9.80 Å². The van der Waals surface area contributed by atoms with Crippen molar-refractivity contribution in [1.29, 1.82) is 0 Å². The first-order valence-electron chi connectivity index (χ1n) is 11.3. The summed E-state index contributed by atoms with van der Waals surface area (Å²) in [5.74, 6) is 2.35. The molecule has 3 heterocycles. The molecule has 1 aromatic heterocycles. The highest BCUT2D eigenvalue weighted by Gasteiger charge is 2.42. The summed E-state index contributed by atoms with van der Waals surface area (Å²) in [6.07, 6.45) is 3.40. The number of nitrogens with zero attached hydrogens (tertiary/aromatic N) is 2. The van der Waals surface area contributed by atoms with Crippen LogP contribution in [0.4, 0.5) is 0 Å². The van der Waals surface area contributed by atoms with Gasteiger partial charge in [-0.1, -0.05) is 32.0 Å². The van der Waals surface area contributed by atoms with E-state index in [-0.39, 0.29) is 11.3 Å². The average molecular weight is 443 g/mol. The summed E-state index contributed by atoms with van der Waals surface area (Å²) < 4.78 is 11.4. The van der Waals surface area contributed by atoms with E-state index in [1.807, 2.05) is 15.7 Å². The molecule has 2 saturated heterocycles. The molecule has 5 nitrogen and oxygen atoms in total. The van der Waals surface area contributed by atoms with E-state index in [4.69, 9.17) is 9.47 Å². The Hall–Kier alpha value is -2.05. The van der Waals surface area contributed by atoms with Crippen LogP contribution in [0.1, 0.15) is 49.0 Å². The molecule has 0 N–H and O–H groups in total. The average Bonchev–Trinajstić information content (AvgIpc) is 3.42. The number of rotatable bonds is 7. The molecular formula is C25H34N2O3S. The molecule has 1 spiro atoms. The second-order valence-corrected chi connectivity index (χ2v) is 10.2. The van der Waals surface area contributed by atoms with E-state index in [0.29, 0.717) is 17.2 Å². The summed E-state index contributed by atoms with van der Waals surface area (Å²) in [4.78, 5) is 17.6. The first-order chi connectivity index (χ1) is 15.0. The summed E-state index contributed by atoms with van der Waals surface area (Å²) in [6.45, 7) is 9.90. The molecule has 4 rings (SSSR count). The number of piperidine rings is 1. The zero-order valence-electron chi connectivity index (χ0n) is 18.9. The van der Waals surface area contributed by atoms with E-state index < -0.39 is 0 Å². The lowest BCUT2D eigenvalue weighted by molar-refractivity contribution is 0.0710. The minimum Gasteiger partial charge on any atom is -0.495 e. The van der Waals surface area contributed by atoms with E-state index in [1.165, 1.54) is 16.9 Å². The van der Waals surface area contributed by atoms with Gasteiger partial charge in [-0.3, -0.25) is 9.69 Å². The van der Waals surface area contributed by atoms with Crippen molar-refractivity contribution in [3.8, 4) is 11.5 Å². The summed E-state index contributed by atoms with van der Waals surface area (Å²) in [7, 11) is 1.63. The lowest BCUT2D eigenvalue weighted by atomic mass is 9.77. The fraction of sp³-hybridized carbons (Fsp3) is 0.560. The number of likely N-dealkylation sites (tertiary alicyclic amines) is 2. The van der Waals surface area contributed by atoms with Crippen LogP contribution < -0.4 is 9.47 Å². The Labute approximate surface area is 189 Å². The van der Waals surface area contributed by atoms with Gasteiger partial charge in [-0.15, -0.1) is 11.3 Å². The lowest BCUT2D eigenvalue weighted by Gasteiger charge is -2.39. The Morgan fingerprint density at radius 3 is 2.58 bits per heavy atom. The molecule has 0 aliphatic carbocycles. The van der Waals surface area contributed by atoms with Gasteiger partial charge >= 0.3 is 0 Å². The second kappa shape index (κ2) is 9.61. The van der Waals surface area contributed by atoms with Gasteiger partial charge in [0.2, 0.25) is 0 Å². The van der Waals surface area contributed by atoms with Crippen molar-refractivity contribution in [2.24, 2.45) is 11.3 Å². The highest BCUT2D eigenvalue weighted by Crippen LogP contribution is 2.42. The summed E-state index contributed by atoms with van der Waals surface area (Å²) in [5.41, 5.74) is 2.25. The third kappa shape index (κ3) is 5.07. The van der Waals surface area contributed by atoms with Crippen molar-refractivity contribution >= 4 is 17.2 Å². The topological polar surface area (TPSA) is 42.0 Å². The monoisotopic (exact) mass is 442 g/mol. The van der Waals surface area contributed by atoms with Gasteiger partial charge in [-0.25, -0.2) is 0 Å². The third-order valence-electron chi connectivity index (χ3n) is 6.66. The number of hydrogen-bond donors (Lipinski definition) is 0. The highest BCUT2D eigenvalue weighted by molar-refractivity contribution is 7.08. The van der Waals surface area contributed by atoms with Gasteiger partial charge in [0.25, 0.3) is 5.91 Å². The number of carbonyl (C=O) groups excluding carboxylic acids is 1. The fourth-order valence-electron chi connectivity index (χ4n) is 4.74. The molecule has 0 bridgehead atoms. The Kier molecular flexibility index (Phi) is 6.87. The van der Waals surface area contributed by atoms with E-state index in [1.54, 1.807) is 7.11 Å². The zero-order valence-corrected chi connectivity index (χ0v) is 19.7. The Bertz CT molecular complexity index is 886. The smallest absolute Gasteiger partial charge is 0.258 e. The molecule has 1 amide bonds.